The molecule has 0 fully saturated rings. The summed E-state index contributed by atoms with van der Waals surface area (Å²) < 4.78 is 37.5. The first-order valence-electron chi connectivity index (χ1n) is 6.20. The molecule has 0 bridgehead atoms. The van der Waals surface area contributed by atoms with Gasteiger partial charge >= 0.3 is 6.18 Å². The second kappa shape index (κ2) is 8.76. The van der Waals surface area contributed by atoms with Gasteiger partial charge in [0.2, 0.25) is 0 Å². The van der Waals surface area contributed by atoms with Crippen molar-refractivity contribution >= 4 is 23.8 Å². The minimum Gasteiger partial charge on any atom is -0.392 e. The Balaban J connectivity index is 0.00000441. The molecule has 0 saturated carbocycles. The van der Waals surface area contributed by atoms with Gasteiger partial charge in [-0.2, -0.15) is 13.2 Å². The maximum absolute atomic E-state index is 12.5. The molecule has 0 amide bonds. The second-order valence-electron chi connectivity index (χ2n) is 4.47. The zero-order valence-corrected chi connectivity index (χ0v) is 12.5. The normalized spacial score (nSPS) is 12.4. The van der Waals surface area contributed by atoms with Gasteiger partial charge in [-0.25, -0.2) is 0 Å². The van der Waals surface area contributed by atoms with Crippen LogP contribution in [0.1, 0.15) is 12.5 Å². The average molecular weight is 344 g/mol. The molecule has 0 saturated heterocycles. The third-order valence-electron chi connectivity index (χ3n) is 2.58. The molecule has 10 heteroatoms. The van der Waals surface area contributed by atoms with Crippen molar-refractivity contribution in [3.8, 4) is 0 Å². The molecule has 22 heavy (non-hydrogen) atoms. The minimum atomic E-state index is -4.62. The highest BCUT2D eigenvalue weighted by Gasteiger charge is 2.32. The van der Waals surface area contributed by atoms with Gasteiger partial charge < -0.3 is 15.7 Å². The Morgan fingerprint density at radius 1 is 1.36 bits per heavy atom. The van der Waals surface area contributed by atoms with E-state index in [-0.39, 0.29) is 24.6 Å². The summed E-state index contributed by atoms with van der Waals surface area (Å²) in [6.07, 6.45) is -5.15. The Hall–Kier alpha value is -1.58. The summed E-state index contributed by atoms with van der Waals surface area (Å²) in [4.78, 5) is 9.97. The van der Waals surface area contributed by atoms with Crippen LogP contribution in [0.15, 0.2) is 18.2 Å². The van der Waals surface area contributed by atoms with Crippen LogP contribution in [-0.2, 0) is 6.18 Å². The van der Waals surface area contributed by atoms with Crippen LogP contribution >= 0.6 is 12.4 Å². The number of hydrogen-bond acceptors (Lipinski definition) is 5. The molecule has 1 aromatic carbocycles. The highest BCUT2D eigenvalue weighted by Crippen LogP contribution is 2.34. The molecule has 0 heterocycles. The van der Waals surface area contributed by atoms with Gasteiger partial charge in [-0.1, -0.05) is 0 Å². The van der Waals surface area contributed by atoms with Crippen LogP contribution in [0.2, 0.25) is 0 Å². The summed E-state index contributed by atoms with van der Waals surface area (Å²) in [6, 6.07) is 2.33. The second-order valence-corrected chi connectivity index (χ2v) is 4.47. The predicted molar refractivity (Wildman–Crippen MR) is 78.4 cm³/mol. The first-order valence-corrected chi connectivity index (χ1v) is 6.20. The molecule has 1 aromatic rings. The number of hydrogen-bond donors (Lipinski definition) is 3. The summed E-state index contributed by atoms with van der Waals surface area (Å²) in [5.41, 5.74) is -1.67. The number of nitrogens with one attached hydrogen (secondary N) is 2. The number of rotatable bonds is 7. The SMILES string of the molecule is CC(O)CNCCNc1ccc(C(F)(F)F)cc1[N+](=O)[O-].Cl. The first kappa shape index (κ1) is 20.4. The lowest BCUT2D eigenvalue weighted by Gasteiger charge is -2.11. The summed E-state index contributed by atoms with van der Waals surface area (Å²) in [5, 5.41) is 25.4. The molecule has 126 valence electrons. The van der Waals surface area contributed by atoms with Gasteiger partial charge in [-0.05, 0) is 19.1 Å². The number of halogens is 4. The van der Waals surface area contributed by atoms with Gasteiger partial charge in [0.15, 0.2) is 0 Å². The highest BCUT2D eigenvalue weighted by atomic mass is 35.5. The van der Waals surface area contributed by atoms with Gasteiger partial charge in [0, 0.05) is 25.7 Å². The van der Waals surface area contributed by atoms with Crippen LogP contribution in [0.3, 0.4) is 0 Å². The predicted octanol–water partition coefficient (Wildman–Crippen LogP) is 2.42. The largest absolute Gasteiger partial charge is 0.416 e. The highest BCUT2D eigenvalue weighted by molar-refractivity contribution is 5.85. The number of benzene rings is 1. The summed E-state index contributed by atoms with van der Waals surface area (Å²) in [6.45, 7) is 2.64. The van der Waals surface area contributed by atoms with E-state index < -0.39 is 28.5 Å². The standard InChI is InChI=1S/C12H16F3N3O3.ClH/c1-8(19)7-16-4-5-17-10-3-2-9(12(13,14)15)6-11(10)18(20)21;/h2-3,6,8,16-17,19H,4-5,7H2,1H3;1H. The van der Waals surface area contributed by atoms with Crippen molar-refractivity contribution in [3.05, 3.63) is 33.9 Å². The van der Waals surface area contributed by atoms with Crippen LogP contribution in [0, 0.1) is 10.1 Å². The first-order chi connectivity index (χ1) is 9.71. The third kappa shape index (κ3) is 6.46. The number of aliphatic hydroxyl groups excluding tert-OH is 1. The van der Waals surface area contributed by atoms with Crippen molar-refractivity contribution in [2.45, 2.75) is 19.2 Å². The zero-order valence-electron chi connectivity index (χ0n) is 11.7. The lowest BCUT2D eigenvalue weighted by atomic mass is 10.1. The van der Waals surface area contributed by atoms with Gasteiger partial charge in [0.1, 0.15) is 5.69 Å². The smallest absolute Gasteiger partial charge is 0.392 e. The van der Waals surface area contributed by atoms with E-state index in [9.17, 15) is 23.3 Å². The molecule has 0 aliphatic carbocycles. The molecule has 0 aliphatic heterocycles. The molecule has 1 atom stereocenters. The maximum Gasteiger partial charge on any atom is 0.416 e. The Labute approximate surface area is 131 Å². The monoisotopic (exact) mass is 343 g/mol. The van der Waals surface area contributed by atoms with Crippen LogP contribution in [-0.4, -0.2) is 35.8 Å². The number of anilines is 1. The van der Waals surface area contributed by atoms with E-state index in [2.05, 4.69) is 10.6 Å². The van der Waals surface area contributed by atoms with E-state index in [0.29, 0.717) is 19.2 Å². The number of nitro benzene ring substituents is 1. The molecule has 0 aliphatic rings. The van der Waals surface area contributed by atoms with Gasteiger partial charge in [-0.15, -0.1) is 12.4 Å². The van der Waals surface area contributed by atoms with E-state index >= 15 is 0 Å². The fourth-order valence-electron chi connectivity index (χ4n) is 1.61. The summed E-state index contributed by atoms with van der Waals surface area (Å²) in [7, 11) is 0. The third-order valence-corrected chi connectivity index (χ3v) is 2.58. The van der Waals surface area contributed by atoms with E-state index in [0.717, 1.165) is 12.1 Å². The number of nitrogens with zero attached hydrogens (tertiary/aromatic N) is 1. The van der Waals surface area contributed by atoms with Crippen LogP contribution in [0.25, 0.3) is 0 Å². The molecule has 1 rings (SSSR count). The summed E-state index contributed by atoms with van der Waals surface area (Å²) >= 11 is 0. The van der Waals surface area contributed by atoms with Crippen LogP contribution in [0.5, 0.6) is 0 Å². The van der Waals surface area contributed by atoms with Crippen molar-refractivity contribution < 1.29 is 23.2 Å². The minimum absolute atomic E-state index is 0. The van der Waals surface area contributed by atoms with Crippen molar-refractivity contribution in [1.82, 2.24) is 5.32 Å². The topological polar surface area (TPSA) is 87.4 Å². The lowest BCUT2D eigenvalue weighted by Crippen LogP contribution is -2.29. The zero-order chi connectivity index (χ0) is 16.0. The van der Waals surface area contributed by atoms with Gasteiger partial charge in [0.05, 0.1) is 16.6 Å². The van der Waals surface area contributed by atoms with E-state index in [1.165, 1.54) is 0 Å². The molecule has 0 spiro atoms. The molecule has 6 nitrogen and oxygen atoms in total. The van der Waals surface area contributed by atoms with E-state index in [4.69, 9.17) is 5.11 Å². The van der Waals surface area contributed by atoms with E-state index in [1.54, 1.807) is 6.92 Å². The fraction of sp³-hybridized carbons (Fsp3) is 0.500. The molecule has 0 radical (unpaired) electrons. The van der Waals surface area contributed by atoms with Gasteiger partial charge in [-0.3, -0.25) is 10.1 Å². The average Bonchev–Trinajstić information content (AvgIpc) is 2.36. The van der Waals surface area contributed by atoms with Crippen molar-refractivity contribution in [1.29, 1.82) is 0 Å². The van der Waals surface area contributed by atoms with Crippen LogP contribution in [0.4, 0.5) is 24.5 Å². The van der Waals surface area contributed by atoms with Gasteiger partial charge in [0.25, 0.3) is 5.69 Å². The molecule has 0 aromatic heterocycles. The van der Waals surface area contributed by atoms with Crippen molar-refractivity contribution in [3.63, 3.8) is 0 Å². The van der Waals surface area contributed by atoms with Crippen molar-refractivity contribution in [2.24, 2.45) is 0 Å². The van der Waals surface area contributed by atoms with E-state index in [1.807, 2.05) is 0 Å². The Morgan fingerprint density at radius 2 is 2.00 bits per heavy atom. The molecule has 1 unspecified atom stereocenters. The Kier molecular flexibility index (Phi) is 8.13. The van der Waals surface area contributed by atoms with Crippen molar-refractivity contribution in [2.75, 3.05) is 25.0 Å². The summed E-state index contributed by atoms with van der Waals surface area (Å²) in [5.74, 6) is 0. The number of alkyl halides is 3. The Morgan fingerprint density at radius 3 is 2.50 bits per heavy atom. The molecular weight excluding hydrogens is 327 g/mol. The lowest BCUT2D eigenvalue weighted by molar-refractivity contribution is -0.384. The fourth-order valence-corrected chi connectivity index (χ4v) is 1.61. The number of aliphatic hydroxyl groups is 1. The quantitative estimate of drug-likeness (QED) is 0.402. The Bertz CT molecular complexity index is 498. The molecular formula is C12H17ClF3N3O3. The maximum atomic E-state index is 12.5. The van der Waals surface area contributed by atoms with Crippen LogP contribution < -0.4 is 10.6 Å². The molecule has 3 N–H and O–H groups in total. The number of nitro groups is 1.